The van der Waals surface area contributed by atoms with Gasteiger partial charge >= 0.3 is 6.09 Å². The Labute approximate surface area is 212 Å². The number of piperidine rings is 1. The molecule has 1 aromatic carbocycles. The number of phenols is 1. The number of anilines is 1. The Morgan fingerprint density at radius 2 is 2.19 bits per heavy atom. The van der Waals surface area contributed by atoms with Gasteiger partial charge in [0.1, 0.15) is 34.5 Å². The van der Waals surface area contributed by atoms with Crippen LogP contribution in [0.5, 0.6) is 5.75 Å². The average molecular weight is 511 g/mol. The number of aromatic hydroxyl groups is 1. The van der Waals surface area contributed by atoms with Gasteiger partial charge in [-0.2, -0.15) is 10.4 Å². The number of nitriles is 1. The molecule has 0 bridgehead atoms. The average Bonchev–Trinajstić information content (AvgIpc) is 3.47. The molecule has 1 saturated heterocycles. The van der Waals surface area contributed by atoms with E-state index in [1.54, 1.807) is 18.2 Å². The number of alkyl halides is 1. The molecule has 0 aliphatic carbocycles. The fourth-order valence-electron chi connectivity index (χ4n) is 4.56. The van der Waals surface area contributed by atoms with E-state index in [1.165, 1.54) is 10.9 Å². The minimum atomic E-state index is -1.54. The number of hydrogen-bond acceptors (Lipinski definition) is 8. The van der Waals surface area contributed by atoms with Crippen molar-refractivity contribution in [2.45, 2.75) is 38.0 Å². The maximum atomic E-state index is 15.8. The fourth-order valence-corrected chi connectivity index (χ4v) is 4.56. The van der Waals surface area contributed by atoms with Crippen LogP contribution in [-0.2, 0) is 16.8 Å². The zero-order valence-electron chi connectivity index (χ0n) is 20.4. The van der Waals surface area contributed by atoms with Crippen LogP contribution in [0.2, 0.25) is 0 Å². The predicted octanol–water partition coefficient (Wildman–Crippen LogP) is 3.29. The zero-order chi connectivity index (χ0) is 26.7. The van der Waals surface area contributed by atoms with E-state index < -0.39 is 23.7 Å². The molecule has 4 N–H and O–H groups in total. The number of carbonyl (C=O) groups is 2. The summed E-state index contributed by atoms with van der Waals surface area (Å²) < 4.78 is 27.2. The van der Waals surface area contributed by atoms with Crippen LogP contribution in [0, 0.1) is 18.3 Å². The molecule has 194 valence electrons. The molecule has 2 amide bonds. The molecule has 12 heteroatoms. The molecule has 2 aromatic heterocycles. The van der Waals surface area contributed by atoms with E-state index in [0.29, 0.717) is 24.4 Å². The number of carbonyl (C=O) groups excluding carboxylic acids is 2. The van der Waals surface area contributed by atoms with Crippen LogP contribution in [0.1, 0.15) is 34.5 Å². The van der Waals surface area contributed by atoms with Crippen LogP contribution in [0.3, 0.4) is 0 Å². The Morgan fingerprint density at radius 3 is 2.78 bits per heavy atom. The molecule has 1 fully saturated rings. The topological polar surface area (TPSA) is 160 Å². The van der Waals surface area contributed by atoms with E-state index in [4.69, 9.17) is 10.2 Å². The Kier molecular flexibility index (Phi) is 7.17. The van der Waals surface area contributed by atoms with Crippen LogP contribution in [0.4, 0.5) is 15.0 Å². The lowest BCUT2D eigenvalue weighted by molar-refractivity contribution is 0.00693. The summed E-state index contributed by atoms with van der Waals surface area (Å²) in [6.07, 6.45) is -1.16. The molecule has 4 rings (SSSR count). The number of halogens is 1. The van der Waals surface area contributed by atoms with E-state index in [0.717, 1.165) is 18.4 Å². The van der Waals surface area contributed by atoms with Crippen molar-refractivity contribution in [1.29, 1.82) is 5.26 Å². The number of aromatic nitrogens is 2. The minimum absolute atomic E-state index is 0.0207. The number of phenolic OH excluding ortho intramolecular Hbond substituents is 1. The number of likely N-dealkylation sites (tertiary alicyclic amines) is 1. The Hall–Kier alpha value is -4.37. The third kappa shape index (κ3) is 5.12. The number of methoxy groups -OCH3 is 1. The summed E-state index contributed by atoms with van der Waals surface area (Å²) in [7, 11) is 1.14. The van der Waals surface area contributed by atoms with Gasteiger partial charge in [0, 0.05) is 25.8 Å². The number of hydrogen-bond donors (Lipinski definition) is 3. The van der Waals surface area contributed by atoms with Crippen LogP contribution in [-0.4, -0.2) is 58.2 Å². The normalized spacial score (nSPS) is 19.8. The van der Waals surface area contributed by atoms with E-state index in [9.17, 15) is 20.0 Å². The number of ether oxygens (including phenoxy) is 1. The van der Waals surface area contributed by atoms with Crippen molar-refractivity contribution in [1.82, 2.24) is 14.7 Å². The van der Waals surface area contributed by atoms with Gasteiger partial charge in [0.15, 0.2) is 5.82 Å². The number of primary amides is 1. The highest BCUT2D eigenvalue weighted by atomic mass is 19.1. The summed E-state index contributed by atoms with van der Waals surface area (Å²) in [4.78, 5) is 25.5. The van der Waals surface area contributed by atoms with Gasteiger partial charge in [-0.15, -0.1) is 0 Å². The standard InChI is InChI=1S/C25H27FN6O5/c1-15-3-6-20(37-15)17-5-4-16(11-19(17)33)12-31-10-8-25(7-9-27,21(26)14-31)32-13-18(22(28)34)23(30-32)29-24(35)36-2/h3-6,11,13,21,33H,7-8,10,12,14H2,1-2H3,(H2,28,34)(H,29,30,35). The van der Waals surface area contributed by atoms with Gasteiger partial charge in [0.25, 0.3) is 5.91 Å². The molecule has 3 heterocycles. The number of nitrogens with zero attached hydrogens (tertiary/aromatic N) is 4. The molecule has 0 radical (unpaired) electrons. The number of nitrogens with one attached hydrogen (secondary N) is 1. The summed E-state index contributed by atoms with van der Waals surface area (Å²) in [6.45, 7) is 2.58. The first-order valence-corrected chi connectivity index (χ1v) is 11.5. The fraction of sp³-hybridized carbons (Fsp3) is 0.360. The summed E-state index contributed by atoms with van der Waals surface area (Å²) >= 11 is 0. The largest absolute Gasteiger partial charge is 0.507 e. The first-order valence-electron chi connectivity index (χ1n) is 11.5. The number of benzene rings is 1. The van der Waals surface area contributed by atoms with Crippen LogP contribution >= 0.6 is 0 Å². The highest BCUT2D eigenvalue weighted by molar-refractivity contribution is 6.00. The van der Waals surface area contributed by atoms with Crippen molar-refractivity contribution in [2.24, 2.45) is 5.73 Å². The number of amides is 2. The maximum Gasteiger partial charge on any atom is 0.412 e. The smallest absolute Gasteiger partial charge is 0.412 e. The van der Waals surface area contributed by atoms with Crippen molar-refractivity contribution < 1.29 is 28.2 Å². The SMILES string of the molecule is COC(=O)Nc1nn(C2(CC#N)CCN(Cc3ccc(-c4ccc(C)o4)c(O)c3)CC2F)cc1C(N)=O. The van der Waals surface area contributed by atoms with Crippen LogP contribution < -0.4 is 11.1 Å². The molecule has 2 atom stereocenters. The molecule has 1 aliphatic rings. The molecule has 3 aromatic rings. The Balaban J connectivity index is 1.54. The monoisotopic (exact) mass is 510 g/mol. The summed E-state index contributed by atoms with van der Waals surface area (Å²) in [5, 5.41) is 26.5. The lowest BCUT2D eigenvalue weighted by atomic mass is 9.83. The van der Waals surface area contributed by atoms with Crippen LogP contribution in [0.25, 0.3) is 11.3 Å². The van der Waals surface area contributed by atoms with Gasteiger partial charge in [-0.3, -0.25) is 19.7 Å². The first-order chi connectivity index (χ1) is 17.7. The quantitative estimate of drug-likeness (QED) is 0.436. The third-order valence-corrected chi connectivity index (χ3v) is 6.56. The van der Waals surface area contributed by atoms with E-state index in [-0.39, 0.29) is 36.5 Å². The summed E-state index contributed by atoms with van der Waals surface area (Å²) in [5.74, 6) is 0.301. The molecule has 11 nitrogen and oxygen atoms in total. The van der Waals surface area contributed by atoms with Crippen LogP contribution in [0.15, 0.2) is 40.9 Å². The Morgan fingerprint density at radius 1 is 1.41 bits per heavy atom. The summed E-state index contributed by atoms with van der Waals surface area (Å²) in [5.41, 5.74) is 5.27. The molecular formula is C25H27FN6O5. The molecule has 1 aliphatic heterocycles. The number of furan rings is 1. The van der Waals surface area contributed by atoms with E-state index >= 15 is 4.39 Å². The van der Waals surface area contributed by atoms with Gasteiger partial charge in [-0.25, -0.2) is 9.18 Å². The highest BCUT2D eigenvalue weighted by Crippen LogP contribution is 2.38. The molecule has 0 spiro atoms. The first kappa shape index (κ1) is 25.7. The lowest BCUT2D eigenvalue weighted by Gasteiger charge is -2.43. The van der Waals surface area contributed by atoms with Crippen molar-refractivity contribution in [3.63, 3.8) is 0 Å². The summed E-state index contributed by atoms with van der Waals surface area (Å²) in [6, 6.07) is 10.8. The second-order valence-corrected chi connectivity index (χ2v) is 8.97. The van der Waals surface area contributed by atoms with E-state index in [1.807, 2.05) is 30.0 Å². The zero-order valence-corrected chi connectivity index (χ0v) is 20.4. The van der Waals surface area contributed by atoms with Gasteiger partial charge in [-0.1, -0.05) is 6.07 Å². The lowest BCUT2D eigenvalue weighted by Crippen LogP contribution is -2.54. The van der Waals surface area contributed by atoms with Crippen molar-refractivity contribution in [3.8, 4) is 23.1 Å². The Bertz CT molecular complexity index is 1360. The van der Waals surface area contributed by atoms with Crippen molar-refractivity contribution in [2.75, 3.05) is 25.5 Å². The van der Waals surface area contributed by atoms with E-state index in [2.05, 4.69) is 15.2 Å². The van der Waals surface area contributed by atoms with Gasteiger partial charge in [-0.05, 0) is 43.2 Å². The minimum Gasteiger partial charge on any atom is -0.507 e. The maximum absolute atomic E-state index is 15.8. The predicted molar refractivity (Wildman–Crippen MR) is 130 cm³/mol. The second kappa shape index (κ2) is 10.3. The van der Waals surface area contributed by atoms with Crippen molar-refractivity contribution >= 4 is 17.8 Å². The molecular weight excluding hydrogens is 483 g/mol. The molecule has 37 heavy (non-hydrogen) atoms. The highest BCUT2D eigenvalue weighted by Gasteiger charge is 2.46. The second-order valence-electron chi connectivity index (χ2n) is 8.97. The van der Waals surface area contributed by atoms with Gasteiger partial charge in [0.2, 0.25) is 0 Å². The number of nitrogens with two attached hydrogens (primary N) is 1. The third-order valence-electron chi connectivity index (χ3n) is 6.56. The van der Waals surface area contributed by atoms with Crippen molar-refractivity contribution in [3.05, 3.63) is 53.4 Å². The number of rotatable bonds is 7. The molecule has 0 saturated carbocycles. The number of aryl methyl sites for hydroxylation is 1. The molecule has 2 unspecified atom stereocenters. The van der Waals surface area contributed by atoms with Gasteiger partial charge < -0.3 is 20.0 Å². The van der Waals surface area contributed by atoms with Gasteiger partial charge in [0.05, 0.1) is 25.2 Å².